The Hall–Kier alpha value is -2.63. The molecule has 0 aliphatic carbocycles. The lowest BCUT2D eigenvalue weighted by Gasteiger charge is -2.46. The number of anilines is 1. The molecule has 1 saturated heterocycles. The second-order valence-corrected chi connectivity index (χ2v) is 5.34. The number of hydrogen-bond donors (Lipinski definition) is 1. The Morgan fingerprint density at radius 2 is 2.09 bits per heavy atom. The molecule has 6 nitrogen and oxygen atoms in total. The van der Waals surface area contributed by atoms with Gasteiger partial charge in [-0.2, -0.15) is 4.98 Å². The molecule has 114 valence electrons. The maximum absolute atomic E-state index is 12.4. The SMILES string of the molecule is COc1nccc(NC(=O)N2CC(C)C2c2ccccc2)n1. The van der Waals surface area contributed by atoms with Gasteiger partial charge in [0.05, 0.1) is 13.2 Å². The molecular weight excluding hydrogens is 280 g/mol. The van der Waals surface area contributed by atoms with Crippen LogP contribution in [0.15, 0.2) is 42.6 Å². The Balaban J connectivity index is 1.72. The summed E-state index contributed by atoms with van der Waals surface area (Å²) in [5.74, 6) is 0.872. The molecule has 2 atom stereocenters. The second kappa shape index (κ2) is 6.01. The molecule has 0 bridgehead atoms. The first-order valence-electron chi connectivity index (χ1n) is 7.18. The quantitative estimate of drug-likeness (QED) is 0.946. The summed E-state index contributed by atoms with van der Waals surface area (Å²) in [6.45, 7) is 2.88. The van der Waals surface area contributed by atoms with E-state index in [2.05, 4.69) is 22.2 Å². The highest BCUT2D eigenvalue weighted by molar-refractivity contribution is 5.89. The highest BCUT2D eigenvalue weighted by atomic mass is 16.5. The first-order chi connectivity index (χ1) is 10.7. The van der Waals surface area contributed by atoms with Crippen LogP contribution in [0, 0.1) is 5.92 Å². The number of methoxy groups -OCH3 is 1. The van der Waals surface area contributed by atoms with E-state index in [-0.39, 0.29) is 18.1 Å². The number of aromatic nitrogens is 2. The van der Waals surface area contributed by atoms with Gasteiger partial charge in [0.2, 0.25) is 0 Å². The maximum atomic E-state index is 12.4. The smallest absolute Gasteiger partial charge is 0.323 e. The van der Waals surface area contributed by atoms with Crippen LogP contribution in [0.4, 0.5) is 10.6 Å². The molecule has 1 N–H and O–H groups in total. The molecule has 0 saturated carbocycles. The molecule has 1 aromatic heterocycles. The maximum Gasteiger partial charge on any atom is 0.323 e. The molecule has 1 aromatic carbocycles. The van der Waals surface area contributed by atoms with Gasteiger partial charge in [-0.1, -0.05) is 37.3 Å². The summed E-state index contributed by atoms with van der Waals surface area (Å²) >= 11 is 0. The Morgan fingerprint density at radius 3 is 2.77 bits per heavy atom. The van der Waals surface area contributed by atoms with Crippen molar-refractivity contribution in [3.05, 3.63) is 48.2 Å². The number of rotatable bonds is 3. The van der Waals surface area contributed by atoms with Gasteiger partial charge in [0.25, 0.3) is 0 Å². The van der Waals surface area contributed by atoms with Crippen LogP contribution in [0.25, 0.3) is 0 Å². The summed E-state index contributed by atoms with van der Waals surface area (Å²) in [5.41, 5.74) is 1.15. The van der Waals surface area contributed by atoms with Crippen molar-refractivity contribution in [2.24, 2.45) is 5.92 Å². The summed E-state index contributed by atoms with van der Waals surface area (Å²) in [5, 5.41) is 2.79. The number of urea groups is 1. The van der Waals surface area contributed by atoms with E-state index >= 15 is 0 Å². The predicted molar refractivity (Wildman–Crippen MR) is 82.7 cm³/mol. The van der Waals surface area contributed by atoms with Crippen LogP contribution in [0.3, 0.4) is 0 Å². The number of nitrogens with one attached hydrogen (secondary N) is 1. The first-order valence-corrected chi connectivity index (χ1v) is 7.18. The summed E-state index contributed by atoms with van der Waals surface area (Å²) in [7, 11) is 1.49. The number of amides is 2. The minimum atomic E-state index is -0.160. The Morgan fingerprint density at radius 1 is 1.32 bits per heavy atom. The number of nitrogens with zero attached hydrogens (tertiary/aromatic N) is 3. The van der Waals surface area contributed by atoms with Crippen molar-refractivity contribution in [1.29, 1.82) is 0 Å². The summed E-state index contributed by atoms with van der Waals surface area (Å²) < 4.78 is 4.96. The van der Waals surface area contributed by atoms with Crippen molar-refractivity contribution >= 4 is 11.8 Å². The lowest BCUT2D eigenvalue weighted by atomic mass is 9.85. The number of ether oxygens (including phenoxy) is 1. The van der Waals surface area contributed by atoms with Crippen LogP contribution >= 0.6 is 0 Å². The van der Waals surface area contributed by atoms with Crippen molar-refractivity contribution in [3.8, 4) is 6.01 Å². The number of likely N-dealkylation sites (tertiary alicyclic amines) is 1. The number of benzene rings is 1. The van der Waals surface area contributed by atoms with Gasteiger partial charge in [-0.3, -0.25) is 5.32 Å². The zero-order chi connectivity index (χ0) is 15.5. The summed E-state index contributed by atoms with van der Waals surface area (Å²) in [4.78, 5) is 22.3. The van der Waals surface area contributed by atoms with E-state index in [0.29, 0.717) is 11.7 Å². The fraction of sp³-hybridized carbons (Fsp3) is 0.312. The third kappa shape index (κ3) is 2.72. The number of carbonyl (C=O) groups excluding carboxylic acids is 1. The molecule has 22 heavy (non-hydrogen) atoms. The van der Waals surface area contributed by atoms with E-state index in [0.717, 1.165) is 12.1 Å². The zero-order valence-corrected chi connectivity index (χ0v) is 12.6. The zero-order valence-electron chi connectivity index (χ0n) is 12.6. The monoisotopic (exact) mass is 298 g/mol. The summed E-state index contributed by atoms with van der Waals surface area (Å²) in [6.07, 6.45) is 1.55. The standard InChI is InChI=1S/C16H18N4O2/c1-11-10-20(14(11)12-6-4-3-5-7-12)16(21)19-13-8-9-17-15(18-13)22-2/h3-9,11,14H,10H2,1-2H3,(H,17,18,19,21). The molecule has 2 heterocycles. The summed E-state index contributed by atoms with van der Waals surface area (Å²) in [6, 6.07) is 11.9. The van der Waals surface area contributed by atoms with Gasteiger partial charge >= 0.3 is 12.0 Å². The molecular formula is C16H18N4O2. The molecule has 6 heteroatoms. The van der Waals surface area contributed by atoms with Crippen LogP contribution in [-0.4, -0.2) is 34.6 Å². The minimum absolute atomic E-state index is 0.102. The van der Waals surface area contributed by atoms with Crippen molar-refractivity contribution in [1.82, 2.24) is 14.9 Å². The normalized spacial score (nSPS) is 20.2. The molecule has 1 fully saturated rings. The molecule has 0 spiro atoms. The lowest BCUT2D eigenvalue weighted by molar-refractivity contribution is 0.0670. The van der Waals surface area contributed by atoms with Gasteiger partial charge in [-0.25, -0.2) is 9.78 Å². The third-order valence-electron chi connectivity index (χ3n) is 3.81. The molecule has 2 unspecified atom stereocenters. The van der Waals surface area contributed by atoms with E-state index in [1.54, 1.807) is 12.3 Å². The fourth-order valence-corrected chi connectivity index (χ4v) is 2.75. The van der Waals surface area contributed by atoms with E-state index in [4.69, 9.17) is 4.74 Å². The molecule has 1 aliphatic rings. The fourth-order valence-electron chi connectivity index (χ4n) is 2.75. The van der Waals surface area contributed by atoms with Gasteiger partial charge < -0.3 is 9.64 Å². The van der Waals surface area contributed by atoms with Gasteiger partial charge in [0.1, 0.15) is 5.82 Å². The lowest BCUT2D eigenvalue weighted by Crippen LogP contribution is -2.53. The number of carbonyl (C=O) groups is 1. The van der Waals surface area contributed by atoms with Crippen LogP contribution in [0.1, 0.15) is 18.5 Å². The largest absolute Gasteiger partial charge is 0.467 e. The van der Waals surface area contributed by atoms with Crippen LogP contribution in [0.2, 0.25) is 0 Å². The van der Waals surface area contributed by atoms with Gasteiger partial charge in [0, 0.05) is 12.7 Å². The third-order valence-corrected chi connectivity index (χ3v) is 3.81. The second-order valence-electron chi connectivity index (χ2n) is 5.34. The van der Waals surface area contributed by atoms with E-state index in [1.165, 1.54) is 7.11 Å². The van der Waals surface area contributed by atoms with Gasteiger partial charge in [-0.05, 0) is 17.5 Å². The van der Waals surface area contributed by atoms with E-state index in [1.807, 2.05) is 35.2 Å². The average molecular weight is 298 g/mol. The van der Waals surface area contributed by atoms with E-state index < -0.39 is 0 Å². The predicted octanol–water partition coefficient (Wildman–Crippen LogP) is 2.71. The highest BCUT2D eigenvalue weighted by Crippen LogP contribution is 2.38. The molecule has 2 amide bonds. The average Bonchev–Trinajstić information content (AvgIpc) is 2.53. The first kappa shape index (κ1) is 14.3. The van der Waals surface area contributed by atoms with Crippen molar-refractivity contribution in [2.75, 3.05) is 19.0 Å². The number of hydrogen-bond acceptors (Lipinski definition) is 4. The molecule has 0 radical (unpaired) electrons. The van der Waals surface area contributed by atoms with E-state index in [9.17, 15) is 4.79 Å². The topological polar surface area (TPSA) is 67.3 Å². The van der Waals surface area contributed by atoms with Crippen molar-refractivity contribution in [3.63, 3.8) is 0 Å². The van der Waals surface area contributed by atoms with Crippen molar-refractivity contribution in [2.45, 2.75) is 13.0 Å². The Kier molecular flexibility index (Phi) is 3.91. The molecule has 3 rings (SSSR count). The Labute approximate surface area is 129 Å². The Bertz CT molecular complexity index is 662. The molecule has 1 aliphatic heterocycles. The minimum Gasteiger partial charge on any atom is -0.467 e. The van der Waals surface area contributed by atoms with Crippen LogP contribution in [0.5, 0.6) is 6.01 Å². The highest BCUT2D eigenvalue weighted by Gasteiger charge is 2.40. The van der Waals surface area contributed by atoms with Crippen LogP contribution < -0.4 is 10.1 Å². The van der Waals surface area contributed by atoms with Gasteiger partial charge in [0.15, 0.2) is 0 Å². The van der Waals surface area contributed by atoms with Crippen LogP contribution in [-0.2, 0) is 0 Å². The van der Waals surface area contributed by atoms with Crippen molar-refractivity contribution < 1.29 is 9.53 Å². The van der Waals surface area contributed by atoms with Gasteiger partial charge in [-0.15, -0.1) is 0 Å². The molecule has 2 aromatic rings.